The number of carbonyl (C=O) groups is 1. The van der Waals surface area contributed by atoms with Gasteiger partial charge in [0.25, 0.3) is 5.56 Å². The van der Waals surface area contributed by atoms with Crippen molar-refractivity contribution in [2.75, 3.05) is 19.7 Å². The molecule has 2 N–H and O–H groups in total. The lowest BCUT2D eigenvalue weighted by Crippen LogP contribution is -2.47. The number of alkyl halides is 3. The van der Waals surface area contributed by atoms with E-state index in [1.807, 2.05) is 0 Å². The van der Waals surface area contributed by atoms with Gasteiger partial charge in [-0.05, 0) is 26.0 Å². The van der Waals surface area contributed by atoms with Gasteiger partial charge in [0, 0.05) is 49.5 Å². The zero-order valence-corrected chi connectivity index (χ0v) is 16.4. The largest absolute Gasteiger partial charge is 0.396 e. The van der Waals surface area contributed by atoms with Crippen molar-refractivity contribution in [3.05, 3.63) is 39.8 Å². The fourth-order valence-corrected chi connectivity index (χ4v) is 4.70. The molecule has 1 saturated heterocycles. The fourth-order valence-electron chi connectivity index (χ4n) is 4.70. The molecule has 6 nitrogen and oxygen atoms in total. The maximum absolute atomic E-state index is 12.9. The summed E-state index contributed by atoms with van der Waals surface area (Å²) in [6.07, 6.45) is -1.92. The minimum absolute atomic E-state index is 0.148. The number of allylic oxidation sites excluding steroid dienone is 1. The second-order valence-corrected chi connectivity index (χ2v) is 7.51. The van der Waals surface area contributed by atoms with Gasteiger partial charge in [-0.25, -0.2) is 0 Å². The smallest absolute Gasteiger partial charge is 0.390 e. The number of nitrogens with zero attached hydrogens (tertiary/aromatic N) is 2. The van der Waals surface area contributed by atoms with Gasteiger partial charge in [0.1, 0.15) is 0 Å². The van der Waals surface area contributed by atoms with Gasteiger partial charge < -0.3 is 15.0 Å². The van der Waals surface area contributed by atoms with Crippen LogP contribution < -0.4 is 10.9 Å². The molecule has 9 heteroatoms. The van der Waals surface area contributed by atoms with Gasteiger partial charge in [-0.3, -0.25) is 14.5 Å². The zero-order valence-electron chi connectivity index (χ0n) is 16.4. The Hall–Kier alpha value is -2.13. The Morgan fingerprint density at radius 2 is 2.10 bits per heavy atom. The van der Waals surface area contributed by atoms with Crippen LogP contribution in [0.4, 0.5) is 13.2 Å². The average molecular weight is 413 g/mol. The Morgan fingerprint density at radius 1 is 1.38 bits per heavy atom. The van der Waals surface area contributed by atoms with Crippen LogP contribution in [0, 0.1) is 11.8 Å². The quantitative estimate of drug-likeness (QED) is 0.748. The molecule has 2 aliphatic heterocycles. The predicted octanol–water partition coefficient (Wildman–Crippen LogP) is 1.93. The fraction of sp³-hybridized carbons (Fsp3) is 0.600. The lowest BCUT2D eigenvalue weighted by Gasteiger charge is -2.38. The van der Waals surface area contributed by atoms with Crippen LogP contribution in [0.25, 0.3) is 6.08 Å². The summed E-state index contributed by atoms with van der Waals surface area (Å²) < 4.78 is 40.3. The van der Waals surface area contributed by atoms with E-state index in [1.165, 1.54) is 0 Å². The minimum Gasteiger partial charge on any atom is -0.396 e. The molecule has 1 fully saturated rings. The number of hydrogen-bond acceptors (Lipinski definition) is 4. The number of aromatic nitrogens is 1. The van der Waals surface area contributed by atoms with Crippen LogP contribution in [-0.2, 0) is 11.3 Å². The number of amides is 1. The summed E-state index contributed by atoms with van der Waals surface area (Å²) in [4.78, 5) is 27.3. The van der Waals surface area contributed by atoms with E-state index in [0.717, 1.165) is 0 Å². The number of halogens is 3. The Morgan fingerprint density at radius 3 is 2.69 bits per heavy atom. The van der Waals surface area contributed by atoms with E-state index in [0.29, 0.717) is 17.8 Å². The third kappa shape index (κ3) is 3.98. The van der Waals surface area contributed by atoms with Crippen molar-refractivity contribution in [1.29, 1.82) is 0 Å². The molecule has 0 radical (unpaired) electrons. The number of hydrogen-bond donors (Lipinski definition) is 2. The van der Waals surface area contributed by atoms with E-state index in [2.05, 4.69) is 5.32 Å². The third-order valence-electron chi connectivity index (χ3n) is 5.85. The summed E-state index contributed by atoms with van der Waals surface area (Å²) in [5.41, 5.74) is 0.766. The van der Waals surface area contributed by atoms with Gasteiger partial charge in [0.05, 0.1) is 18.4 Å². The molecular weight excluding hydrogens is 387 g/mol. The van der Waals surface area contributed by atoms with Crippen molar-refractivity contribution < 1.29 is 23.1 Å². The zero-order chi connectivity index (χ0) is 21.3. The number of nitrogens with one attached hydrogen (secondary N) is 1. The van der Waals surface area contributed by atoms with Crippen molar-refractivity contribution >= 4 is 12.0 Å². The van der Waals surface area contributed by atoms with Crippen LogP contribution >= 0.6 is 0 Å². The van der Waals surface area contributed by atoms with E-state index in [1.54, 1.807) is 47.6 Å². The molecule has 2 bridgehead atoms. The van der Waals surface area contributed by atoms with E-state index < -0.39 is 36.5 Å². The van der Waals surface area contributed by atoms with Gasteiger partial charge in [0.2, 0.25) is 5.91 Å². The van der Waals surface area contributed by atoms with E-state index >= 15 is 0 Å². The maximum atomic E-state index is 12.9. The number of fused-ring (bicyclic) bond motifs is 4. The van der Waals surface area contributed by atoms with E-state index in [4.69, 9.17) is 0 Å². The Kier molecular flexibility index (Phi) is 6.19. The third-order valence-corrected chi connectivity index (χ3v) is 5.85. The summed E-state index contributed by atoms with van der Waals surface area (Å²) in [5, 5.41) is 12.7. The van der Waals surface area contributed by atoms with Crippen molar-refractivity contribution in [1.82, 2.24) is 14.8 Å². The predicted molar refractivity (Wildman–Crippen MR) is 102 cm³/mol. The van der Waals surface area contributed by atoms with E-state index in [9.17, 15) is 27.9 Å². The monoisotopic (exact) mass is 413 g/mol. The van der Waals surface area contributed by atoms with Crippen molar-refractivity contribution in [3.8, 4) is 0 Å². The van der Waals surface area contributed by atoms with Crippen LogP contribution in [0.15, 0.2) is 23.0 Å². The lowest BCUT2D eigenvalue weighted by molar-refractivity contribution is -0.140. The summed E-state index contributed by atoms with van der Waals surface area (Å²) in [6.45, 7) is 3.46. The minimum atomic E-state index is -4.33. The van der Waals surface area contributed by atoms with Crippen LogP contribution in [0.1, 0.15) is 37.6 Å². The normalized spacial score (nSPS) is 26.7. The van der Waals surface area contributed by atoms with Crippen LogP contribution in [0.3, 0.4) is 0 Å². The highest BCUT2D eigenvalue weighted by molar-refractivity contribution is 5.80. The number of carbonyl (C=O) groups excluding carboxylic acids is 1. The molecule has 3 heterocycles. The first kappa shape index (κ1) is 21.6. The lowest BCUT2D eigenvalue weighted by atomic mass is 9.86. The number of pyridine rings is 1. The molecule has 2 aliphatic rings. The Balaban J connectivity index is 2.10. The Bertz CT molecular complexity index is 850. The van der Waals surface area contributed by atoms with Crippen molar-refractivity contribution in [2.45, 2.75) is 45.1 Å². The van der Waals surface area contributed by atoms with Crippen molar-refractivity contribution in [3.63, 3.8) is 0 Å². The number of aliphatic hydroxyl groups excluding tert-OH is 1. The van der Waals surface area contributed by atoms with Crippen LogP contribution in [-0.4, -0.2) is 52.4 Å². The second kappa shape index (κ2) is 8.31. The molecule has 1 aromatic heterocycles. The highest BCUT2D eigenvalue weighted by Gasteiger charge is 2.55. The molecule has 3 rings (SSSR count). The molecule has 4 atom stereocenters. The summed E-state index contributed by atoms with van der Waals surface area (Å²) in [7, 11) is 0. The molecule has 0 unspecified atom stereocenters. The van der Waals surface area contributed by atoms with Crippen molar-refractivity contribution in [2.24, 2.45) is 11.8 Å². The molecule has 0 aliphatic carbocycles. The highest BCUT2D eigenvalue weighted by atomic mass is 19.4. The maximum Gasteiger partial charge on any atom is 0.390 e. The average Bonchev–Trinajstić information content (AvgIpc) is 2.88. The number of rotatable bonds is 6. The molecule has 160 valence electrons. The molecule has 1 aromatic rings. The van der Waals surface area contributed by atoms with Gasteiger partial charge in [0.15, 0.2) is 0 Å². The SMILES string of the molecule is C/C=C/c1ccc2n(c1=O)C[C@@H]1[C@@H](CO)[C@H](C(=O)NCC)[C@H]2N1CCC(F)(F)F. The van der Waals surface area contributed by atoms with Gasteiger partial charge in [-0.15, -0.1) is 0 Å². The molecular formula is C20H26F3N3O3. The van der Waals surface area contributed by atoms with E-state index in [-0.39, 0.29) is 31.2 Å². The first-order chi connectivity index (χ1) is 13.7. The van der Waals surface area contributed by atoms with Crippen LogP contribution in [0.2, 0.25) is 0 Å². The first-order valence-corrected chi connectivity index (χ1v) is 9.81. The molecule has 29 heavy (non-hydrogen) atoms. The summed E-state index contributed by atoms with van der Waals surface area (Å²) >= 11 is 0. The molecule has 0 saturated carbocycles. The topological polar surface area (TPSA) is 74.6 Å². The van der Waals surface area contributed by atoms with Gasteiger partial charge in [-0.2, -0.15) is 13.2 Å². The number of aliphatic hydroxyl groups is 1. The van der Waals surface area contributed by atoms with Gasteiger partial charge in [-0.1, -0.05) is 12.2 Å². The molecule has 0 aromatic carbocycles. The van der Waals surface area contributed by atoms with Gasteiger partial charge >= 0.3 is 6.18 Å². The molecule has 0 spiro atoms. The summed E-state index contributed by atoms with van der Waals surface area (Å²) in [5.74, 6) is -1.59. The molecule has 1 amide bonds. The summed E-state index contributed by atoms with van der Waals surface area (Å²) in [6, 6.07) is 2.14. The van der Waals surface area contributed by atoms with Crippen LogP contribution in [0.5, 0.6) is 0 Å². The Labute approximate surface area is 167 Å². The first-order valence-electron chi connectivity index (χ1n) is 9.81. The standard InChI is InChI=1S/C20H26F3N3O3/c1-3-5-12-6-7-14-17-16(18(28)24-4-2)13(11-27)15(10-26(14)19(12)29)25(17)9-8-20(21,22)23/h3,5-7,13,15-17,27H,4,8-11H2,1-2H3,(H,24,28)/b5-3+/t13-,15-,16+,17+/m1/s1. The highest BCUT2D eigenvalue weighted by Crippen LogP contribution is 2.48. The second-order valence-electron chi connectivity index (χ2n) is 7.51.